The quantitative estimate of drug-likeness (QED) is 0.402. The van der Waals surface area contributed by atoms with E-state index in [-0.39, 0.29) is 4.90 Å². The summed E-state index contributed by atoms with van der Waals surface area (Å²) in [5.41, 5.74) is 3.25. The minimum atomic E-state index is -3.70. The first-order chi connectivity index (χ1) is 15.8. The zero-order valence-electron chi connectivity index (χ0n) is 18.6. The van der Waals surface area contributed by atoms with Crippen LogP contribution in [0.1, 0.15) is 5.82 Å². The fraction of sp³-hybridized carbons (Fsp3) is 0.120. The van der Waals surface area contributed by atoms with Gasteiger partial charge in [0.2, 0.25) is 0 Å². The van der Waals surface area contributed by atoms with E-state index in [4.69, 9.17) is 0 Å². The Hall–Kier alpha value is -3.91. The summed E-state index contributed by atoms with van der Waals surface area (Å²) in [5, 5.41) is 3.23. The van der Waals surface area contributed by atoms with Crippen molar-refractivity contribution in [3.63, 3.8) is 0 Å². The molecule has 0 bridgehead atoms. The van der Waals surface area contributed by atoms with E-state index in [1.54, 1.807) is 36.4 Å². The summed E-state index contributed by atoms with van der Waals surface area (Å²) in [4.78, 5) is 10.9. The highest BCUT2D eigenvalue weighted by molar-refractivity contribution is 7.92. The predicted molar refractivity (Wildman–Crippen MR) is 134 cm³/mol. The minimum absolute atomic E-state index is 0.206. The lowest BCUT2D eigenvalue weighted by molar-refractivity contribution is 0.601. The molecule has 0 aliphatic heterocycles. The monoisotopic (exact) mass is 459 g/mol. The molecular formula is C25H25N5O2S. The van der Waals surface area contributed by atoms with Crippen LogP contribution in [-0.2, 0) is 10.0 Å². The molecule has 2 N–H and O–H groups in total. The predicted octanol–water partition coefficient (Wildman–Crippen LogP) is 5.06. The van der Waals surface area contributed by atoms with Crippen LogP contribution < -0.4 is 14.9 Å². The largest absolute Gasteiger partial charge is 0.363 e. The van der Waals surface area contributed by atoms with E-state index in [0.29, 0.717) is 17.3 Å². The van der Waals surface area contributed by atoms with E-state index < -0.39 is 10.0 Å². The number of hydrogen-bond acceptors (Lipinski definition) is 6. The second kappa shape index (κ2) is 9.30. The number of rotatable bonds is 7. The molecule has 0 spiro atoms. The van der Waals surface area contributed by atoms with E-state index in [1.807, 2.05) is 74.4 Å². The van der Waals surface area contributed by atoms with Crippen molar-refractivity contribution < 1.29 is 8.42 Å². The van der Waals surface area contributed by atoms with Crippen molar-refractivity contribution in [3.05, 3.63) is 90.8 Å². The number of sulfonamides is 1. The van der Waals surface area contributed by atoms with Gasteiger partial charge in [0.15, 0.2) is 0 Å². The second-order valence-corrected chi connectivity index (χ2v) is 9.43. The number of hydrogen-bond donors (Lipinski definition) is 2. The molecule has 0 saturated carbocycles. The molecule has 168 valence electrons. The Morgan fingerprint density at radius 3 is 2.00 bits per heavy atom. The molecule has 4 rings (SSSR count). The van der Waals surface area contributed by atoms with Crippen molar-refractivity contribution in [1.82, 2.24) is 9.97 Å². The number of nitrogens with one attached hydrogen (secondary N) is 2. The molecule has 7 nitrogen and oxygen atoms in total. The number of benzene rings is 3. The zero-order chi connectivity index (χ0) is 23.4. The van der Waals surface area contributed by atoms with Crippen LogP contribution in [-0.4, -0.2) is 32.5 Å². The number of anilines is 4. The maximum atomic E-state index is 12.8. The summed E-state index contributed by atoms with van der Waals surface area (Å²) < 4.78 is 28.3. The van der Waals surface area contributed by atoms with Crippen LogP contribution in [0.3, 0.4) is 0 Å². The smallest absolute Gasteiger partial charge is 0.261 e. The normalized spacial score (nSPS) is 11.1. The molecule has 0 aliphatic rings. The van der Waals surface area contributed by atoms with Gasteiger partial charge in [0.1, 0.15) is 17.5 Å². The van der Waals surface area contributed by atoms with E-state index in [0.717, 1.165) is 22.6 Å². The average Bonchev–Trinajstić information content (AvgIpc) is 2.80. The first kappa shape index (κ1) is 22.3. The number of aryl methyl sites for hydroxylation is 1. The molecular weight excluding hydrogens is 434 g/mol. The van der Waals surface area contributed by atoms with Crippen LogP contribution in [0.2, 0.25) is 0 Å². The molecule has 1 aromatic heterocycles. The van der Waals surface area contributed by atoms with Crippen LogP contribution >= 0.6 is 0 Å². The van der Waals surface area contributed by atoms with Gasteiger partial charge in [0.05, 0.1) is 4.90 Å². The lowest BCUT2D eigenvalue weighted by Gasteiger charge is -2.14. The fourth-order valence-corrected chi connectivity index (χ4v) is 4.34. The van der Waals surface area contributed by atoms with Gasteiger partial charge in [0, 0.05) is 31.5 Å². The lowest BCUT2D eigenvalue weighted by atomic mass is 10.1. The van der Waals surface area contributed by atoms with Crippen LogP contribution in [0, 0.1) is 6.92 Å². The SMILES string of the molecule is Cc1nc(Nc2ccc(NS(=O)(=O)c3ccc(-c4ccccc4)cc3)cc2)cc(N(C)C)n1. The van der Waals surface area contributed by atoms with Crippen molar-refractivity contribution in [2.24, 2.45) is 0 Å². The molecule has 3 aromatic carbocycles. The lowest BCUT2D eigenvalue weighted by Crippen LogP contribution is -2.13. The molecule has 33 heavy (non-hydrogen) atoms. The Morgan fingerprint density at radius 1 is 0.758 bits per heavy atom. The Kier molecular flexibility index (Phi) is 6.28. The molecule has 0 atom stereocenters. The summed E-state index contributed by atoms with van der Waals surface area (Å²) in [5.74, 6) is 2.12. The van der Waals surface area contributed by atoms with Gasteiger partial charge in [-0.2, -0.15) is 0 Å². The first-order valence-corrected chi connectivity index (χ1v) is 11.9. The van der Waals surface area contributed by atoms with E-state index in [9.17, 15) is 8.42 Å². The molecule has 0 unspecified atom stereocenters. The molecule has 0 amide bonds. The van der Waals surface area contributed by atoms with Crippen molar-refractivity contribution >= 4 is 33.0 Å². The Labute approximate surface area is 194 Å². The van der Waals surface area contributed by atoms with Crippen LogP contribution in [0.15, 0.2) is 89.8 Å². The van der Waals surface area contributed by atoms with Gasteiger partial charge in [-0.05, 0) is 54.4 Å². The van der Waals surface area contributed by atoms with Crippen molar-refractivity contribution in [2.45, 2.75) is 11.8 Å². The summed E-state index contributed by atoms with van der Waals surface area (Å²) in [6, 6.07) is 25.5. The van der Waals surface area contributed by atoms with Crippen LogP contribution in [0.5, 0.6) is 0 Å². The third kappa shape index (κ3) is 5.48. The first-order valence-electron chi connectivity index (χ1n) is 10.4. The molecule has 0 saturated heterocycles. The fourth-order valence-electron chi connectivity index (χ4n) is 3.29. The Balaban J connectivity index is 1.46. The average molecular weight is 460 g/mol. The van der Waals surface area contributed by atoms with E-state index in [1.165, 1.54) is 0 Å². The van der Waals surface area contributed by atoms with Crippen LogP contribution in [0.25, 0.3) is 11.1 Å². The molecule has 0 aliphatic carbocycles. The van der Waals surface area contributed by atoms with E-state index >= 15 is 0 Å². The summed E-state index contributed by atoms with van der Waals surface area (Å²) in [7, 11) is 0.135. The topological polar surface area (TPSA) is 87.2 Å². The van der Waals surface area contributed by atoms with Gasteiger partial charge in [0.25, 0.3) is 10.0 Å². The maximum absolute atomic E-state index is 12.8. The van der Waals surface area contributed by atoms with Crippen molar-refractivity contribution in [3.8, 4) is 11.1 Å². The number of aromatic nitrogens is 2. The number of nitrogens with zero attached hydrogens (tertiary/aromatic N) is 3. The molecule has 0 radical (unpaired) electrons. The summed E-state index contributed by atoms with van der Waals surface area (Å²) >= 11 is 0. The zero-order valence-corrected chi connectivity index (χ0v) is 19.5. The van der Waals surface area contributed by atoms with Gasteiger partial charge < -0.3 is 10.2 Å². The third-order valence-electron chi connectivity index (χ3n) is 4.96. The third-order valence-corrected chi connectivity index (χ3v) is 6.36. The highest BCUT2D eigenvalue weighted by atomic mass is 32.2. The van der Waals surface area contributed by atoms with Crippen LogP contribution in [0.4, 0.5) is 23.0 Å². The van der Waals surface area contributed by atoms with E-state index in [2.05, 4.69) is 20.0 Å². The van der Waals surface area contributed by atoms with Gasteiger partial charge in [-0.15, -0.1) is 0 Å². The van der Waals surface area contributed by atoms with Gasteiger partial charge in [-0.25, -0.2) is 18.4 Å². The van der Waals surface area contributed by atoms with Crippen molar-refractivity contribution in [2.75, 3.05) is 29.0 Å². The molecule has 1 heterocycles. The van der Waals surface area contributed by atoms with Gasteiger partial charge in [-0.1, -0.05) is 42.5 Å². The van der Waals surface area contributed by atoms with Crippen molar-refractivity contribution in [1.29, 1.82) is 0 Å². The van der Waals surface area contributed by atoms with Gasteiger partial charge >= 0.3 is 0 Å². The van der Waals surface area contributed by atoms with Gasteiger partial charge in [-0.3, -0.25) is 4.72 Å². The summed E-state index contributed by atoms with van der Waals surface area (Å²) in [6.45, 7) is 1.84. The minimum Gasteiger partial charge on any atom is -0.363 e. The highest BCUT2D eigenvalue weighted by Crippen LogP contribution is 2.24. The Morgan fingerprint density at radius 2 is 1.36 bits per heavy atom. The molecule has 4 aromatic rings. The molecule has 0 fully saturated rings. The summed E-state index contributed by atoms with van der Waals surface area (Å²) in [6.07, 6.45) is 0. The molecule has 8 heteroatoms. The maximum Gasteiger partial charge on any atom is 0.261 e. The second-order valence-electron chi connectivity index (χ2n) is 7.75. The standard InChI is InChI=1S/C25H25N5O2S/c1-18-26-24(17-25(27-18)30(2)3)28-21-11-13-22(14-12-21)29-33(31,32)23-15-9-20(10-16-23)19-7-5-4-6-8-19/h4-17,29H,1-3H3,(H,26,27,28). The highest BCUT2D eigenvalue weighted by Gasteiger charge is 2.14. The Bertz CT molecular complexity index is 1340.